The number of morpholine rings is 1. The summed E-state index contributed by atoms with van der Waals surface area (Å²) in [5, 5.41) is 6.52. The summed E-state index contributed by atoms with van der Waals surface area (Å²) < 4.78 is 5.71. The average Bonchev–Trinajstić information content (AvgIpc) is 2.60. The predicted octanol–water partition coefficient (Wildman–Crippen LogP) is 2.73. The van der Waals surface area contributed by atoms with Gasteiger partial charge in [0, 0.05) is 26.2 Å². The number of hydrogen-bond acceptors (Lipinski definition) is 3. The summed E-state index contributed by atoms with van der Waals surface area (Å²) in [5.74, 6) is 0. The van der Waals surface area contributed by atoms with Crippen LogP contribution in [0.2, 0.25) is 0 Å². The molecular weight excluding hydrogens is 314 g/mol. The smallest absolute Gasteiger partial charge is 0.317 e. The second kappa shape index (κ2) is 7.34. The molecule has 0 saturated carbocycles. The van der Waals surface area contributed by atoms with Crippen molar-refractivity contribution in [2.24, 2.45) is 0 Å². The van der Waals surface area contributed by atoms with Crippen LogP contribution in [0.5, 0.6) is 0 Å². The maximum atomic E-state index is 12.3. The molecule has 1 aromatic rings. The number of hydrogen-bond donors (Lipinski definition) is 2. The second-order valence-electron chi connectivity index (χ2n) is 8.04. The van der Waals surface area contributed by atoms with Crippen LogP contribution < -0.4 is 10.6 Å². The summed E-state index contributed by atoms with van der Waals surface area (Å²) in [4.78, 5) is 14.2. The Morgan fingerprint density at radius 2 is 2.20 bits per heavy atom. The molecule has 0 aromatic heterocycles. The molecule has 2 heterocycles. The van der Waals surface area contributed by atoms with Crippen LogP contribution in [-0.2, 0) is 23.1 Å². The molecule has 5 nitrogen and oxygen atoms in total. The topological polar surface area (TPSA) is 53.6 Å². The number of amides is 2. The van der Waals surface area contributed by atoms with Gasteiger partial charge in [0.25, 0.3) is 0 Å². The van der Waals surface area contributed by atoms with Crippen molar-refractivity contribution in [1.82, 2.24) is 15.5 Å². The summed E-state index contributed by atoms with van der Waals surface area (Å²) in [6.45, 7) is 13.2. The standard InChI is InChI=1S/C20H31N3O2/c1-5-21-19(24)23-8-6-14-10-15(20(2,3)4)11-16(17(14)12-23)18-13-25-9-7-22-18/h10-11,18,22H,5-9,12-13H2,1-4H3,(H,21,24)/t18-/m0/s1. The largest absolute Gasteiger partial charge is 0.378 e. The quantitative estimate of drug-likeness (QED) is 0.867. The zero-order valence-corrected chi connectivity index (χ0v) is 15.9. The predicted molar refractivity (Wildman–Crippen MR) is 99.9 cm³/mol. The minimum Gasteiger partial charge on any atom is -0.378 e. The van der Waals surface area contributed by atoms with Gasteiger partial charge in [-0.05, 0) is 41.0 Å². The van der Waals surface area contributed by atoms with Crippen LogP contribution in [0.25, 0.3) is 0 Å². The third-order valence-electron chi connectivity index (χ3n) is 5.16. The van der Waals surface area contributed by atoms with E-state index in [-0.39, 0.29) is 17.5 Å². The van der Waals surface area contributed by atoms with Crippen molar-refractivity contribution in [1.29, 1.82) is 0 Å². The molecule has 0 bridgehead atoms. The lowest BCUT2D eigenvalue weighted by molar-refractivity contribution is 0.0762. The first-order valence-corrected chi connectivity index (χ1v) is 9.40. The van der Waals surface area contributed by atoms with Crippen LogP contribution in [0.15, 0.2) is 12.1 Å². The van der Waals surface area contributed by atoms with E-state index in [4.69, 9.17) is 4.74 Å². The van der Waals surface area contributed by atoms with E-state index >= 15 is 0 Å². The van der Waals surface area contributed by atoms with E-state index in [1.165, 1.54) is 22.3 Å². The first-order valence-electron chi connectivity index (χ1n) is 9.40. The Hall–Kier alpha value is -1.59. The van der Waals surface area contributed by atoms with Crippen molar-refractivity contribution in [2.45, 2.75) is 52.1 Å². The molecule has 138 valence electrons. The van der Waals surface area contributed by atoms with Gasteiger partial charge >= 0.3 is 6.03 Å². The van der Waals surface area contributed by atoms with Crippen molar-refractivity contribution in [2.75, 3.05) is 32.8 Å². The van der Waals surface area contributed by atoms with E-state index in [0.29, 0.717) is 19.7 Å². The lowest BCUT2D eigenvalue weighted by Crippen LogP contribution is -2.44. The van der Waals surface area contributed by atoms with Crippen LogP contribution in [-0.4, -0.2) is 43.8 Å². The lowest BCUT2D eigenvalue weighted by Gasteiger charge is -2.35. The summed E-state index contributed by atoms with van der Waals surface area (Å²) >= 11 is 0. The molecule has 0 unspecified atom stereocenters. The molecular formula is C20H31N3O2. The molecule has 25 heavy (non-hydrogen) atoms. The monoisotopic (exact) mass is 345 g/mol. The van der Waals surface area contributed by atoms with Gasteiger partial charge < -0.3 is 20.3 Å². The highest BCUT2D eigenvalue weighted by atomic mass is 16.5. The molecule has 2 aliphatic rings. The van der Waals surface area contributed by atoms with Crippen LogP contribution >= 0.6 is 0 Å². The molecule has 1 saturated heterocycles. The maximum absolute atomic E-state index is 12.3. The van der Waals surface area contributed by atoms with Gasteiger partial charge in [-0.25, -0.2) is 4.79 Å². The van der Waals surface area contributed by atoms with Crippen molar-refractivity contribution in [3.8, 4) is 0 Å². The number of benzene rings is 1. The van der Waals surface area contributed by atoms with Gasteiger partial charge in [-0.15, -0.1) is 0 Å². The van der Waals surface area contributed by atoms with Crippen LogP contribution in [0.4, 0.5) is 4.79 Å². The number of rotatable bonds is 2. The molecule has 0 spiro atoms. The molecule has 1 atom stereocenters. The molecule has 2 N–H and O–H groups in total. The van der Waals surface area contributed by atoms with Gasteiger partial charge in [0.1, 0.15) is 0 Å². The normalized spacial score (nSPS) is 21.0. The fourth-order valence-corrected chi connectivity index (χ4v) is 3.64. The third kappa shape index (κ3) is 3.98. The zero-order chi connectivity index (χ0) is 18.0. The van der Waals surface area contributed by atoms with E-state index in [2.05, 4.69) is 43.5 Å². The van der Waals surface area contributed by atoms with Crippen molar-refractivity contribution in [3.63, 3.8) is 0 Å². The Bertz CT molecular complexity index is 631. The highest BCUT2D eigenvalue weighted by Gasteiger charge is 2.28. The molecule has 2 aliphatic heterocycles. The van der Waals surface area contributed by atoms with Crippen molar-refractivity contribution >= 4 is 6.03 Å². The van der Waals surface area contributed by atoms with Gasteiger partial charge in [0.05, 0.1) is 19.3 Å². The molecule has 3 rings (SSSR count). The average molecular weight is 345 g/mol. The fourth-order valence-electron chi connectivity index (χ4n) is 3.64. The number of ether oxygens (including phenoxy) is 1. The number of fused-ring (bicyclic) bond motifs is 1. The number of nitrogens with one attached hydrogen (secondary N) is 2. The molecule has 5 heteroatoms. The van der Waals surface area contributed by atoms with Crippen molar-refractivity contribution < 1.29 is 9.53 Å². The molecule has 1 aromatic carbocycles. The Morgan fingerprint density at radius 3 is 2.84 bits per heavy atom. The summed E-state index contributed by atoms with van der Waals surface area (Å²) in [6.07, 6.45) is 0.914. The van der Waals surface area contributed by atoms with Gasteiger partial charge in [-0.3, -0.25) is 0 Å². The van der Waals surface area contributed by atoms with Gasteiger partial charge in [0.15, 0.2) is 0 Å². The Balaban J connectivity index is 1.98. The lowest BCUT2D eigenvalue weighted by atomic mass is 9.80. The number of urea groups is 1. The van der Waals surface area contributed by atoms with Crippen LogP contribution in [0.1, 0.15) is 56.0 Å². The Kier molecular flexibility index (Phi) is 5.35. The van der Waals surface area contributed by atoms with Crippen LogP contribution in [0.3, 0.4) is 0 Å². The maximum Gasteiger partial charge on any atom is 0.317 e. The van der Waals surface area contributed by atoms with Gasteiger partial charge in [-0.1, -0.05) is 32.9 Å². The minimum atomic E-state index is 0.0341. The molecule has 1 fully saturated rings. The molecule has 2 amide bonds. The summed E-state index contributed by atoms with van der Waals surface area (Å²) in [7, 11) is 0. The fraction of sp³-hybridized carbons (Fsp3) is 0.650. The zero-order valence-electron chi connectivity index (χ0n) is 15.9. The van der Waals surface area contributed by atoms with Crippen molar-refractivity contribution in [3.05, 3.63) is 34.4 Å². The highest BCUT2D eigenvalue weighted by Crippen LogP contribution is 2.34. The highest BCUT2D eigenvalue weighted by molar-refractivity contribution is 5.74. The Morgan fingerprint density at radius 1 is 1.40 bits per heavy atom. The first-order chi connectivity index (χ1) is 11.9. The van der Waals surface area contributed by atoms with Gasteiger partial charge in [-0.2, -0.15) is 0 Å². The summed E-state index contributed by atoms with van der Waals surface area (Å²) in [6, 6.07) is 4.91. The summed E-state index contributed by atoms with van der Waals surface area (Å²) in [5.41, 5.74) is 5.45. The second-order valence-corrected chi connectivity index (χ2v) is 8.04. The molecule has 0 aliphatic carbocycles. The number of carbonyl (C=O) groups excluding carboxylic acids is 1. The van der Waals surface area contributed by atoms with Gasteiger partial charge in [0.2, 0.25) is 0 Å². The third-order valence-corrected chi connectivity index (χ3v) is 5.16. The first kappa shape index (κ1) is 18.2. The van der Waals surface area contributed by atoms with E-state index in [0.717, 1.165) is 26.1 Å². The van der Waals surface area contributed by atoms with E-state index < -0.39 is 0 Å². The minimum absolute atomic E-state index is 0.0341. The van der Waals surface area contributed by atoms with E-state index in [1.807, 2.05) is 11.8 Å². The Labute approximate surface area is 151 Å². The van der Waals surface area contributed by atoms with E-state index in [9.17, 15) is 4.79 Å². The van der Waals surface area contributed by atoms with Crippen LogP contribution in [0, 0.1) is 0 Å². The SMILES string of the molecule is CCNC(=O)N1CCc2cc(C(C)(C)C)cc([C@@H]3COCCN3)c2C1. The van der Waals surface area contributed by atoms with E-state index in [1.54, 1.807) is 0 Å². The molecule has 0 radical (unpaired) electrons. The number of nitrogens with zero attached hydrogens (tertiary/aromatic N) is 1. The number of carbonyl (C=O) groups is 1.